The van der Waals surface area contributed by atoms with E-state index in [1.165, 1.54) is 70.6 Å². The lowest BCUT2D eigenvalue weighted by atomic mass is 9.99. The number of carboxylic acids is 1. The Morgan fingerprint density at radius 2 is 0.908 bits per heavy atom. The maximum Gasteiger partial charge on any atom is 0.335 e. The topological polar surface area (TPSA) is 169 Å². The van der Waals surface area contributed by atoms with Crippen molar-refractivity contribution in [2.45, 2.75) is 237 Å². The van der Waals surface area contributed by atoms with E-state index in [1.807, 2.05) is 0 Å². The highest BCUT2D eigenvalue weighted by atomic mass is 16.7. The first-order valence-corrected chi connectivity index (χ1v) is 25.5. The van der Waals surface area contributed by atoms with Crippen LogP contribution in [0, 0.1) is 0 Å². The maximum atomic E-state index is 12.8. The number of carboxylic acid groups (broad SMARTS) is 1. The Kier molecular flexibility index (Phi) is 39.7. The molecule has 372 valence electrons. The Morgan fingerprint density at radius 1 is 0.492 bits per heavy atom. The molecule has 4 N–H and O–H groups in total. The third kappa shape index (κ3) is 34.6. The molecule has 0 bridgehead atoms. The monoisotopic (exact) mass is 915 g/mol. The SMILES string of the molecule is CC/C=C\C/C=C\C/C=C\C/C=C\CCCCCCCCCCC(=O)OCC(COC1OC(C(=O)O)C(O)C(O)C1O)OC(=O)CCCCCCCCC/C=C\C/C=C\CCCCCC. The van der Waals surface area contributed by atoms with Gasteiger partial charge in [-0.1, -0.05) is 177 Å². The molecule has 1 aliphatic heterocycles. The molecular weight excluding hydrogens is 825 g/mol. The smallest absolute Gasteiger partial charge is 0.335 e. The lowest BCUT2D eigenvalue weighted by Crippen LogP contribution is -2.60. The van der Waals surface area contributed by atoms with Crippen LogP contribution >= 0.6 is 0 Å². The van der Waals surface area contributed by atoms with Gasteiger partial charge >= 0.3 is 17.9 Å². The Morgan fingerprint density at radius 3 is 1.37 bits per heavy atom. The highest BCUT2D eigenvalue weighted by Crippen LogP contribution is 2.23. The first-order valence-electron chi connectivity index (χ1n) is 25.5. The normalized spacial score (nSPS) is 19.8. The molecule has 0 spiro atoms. The van der Waals surface area contributed by atoms with Gasteiger partial charge in [-0.3, -0.25) is 9.59 Å². The highest BCUT2D eigenvalue weighted by Gasteiger charge is 2.47. The quantitative estimate of drug-likeness (QED) is 0.0261. The van der Waals surface area contributed by atoms with Crippen LogP contribution < -0.4 is 0 Å². The number of allylic oxidation sites excluding steroid dienone is 12. The molecule has 11 heteroatoms. The molecule has 65 heavy (non-hydrogen) atoms. The van der Waals surface area contributed by atoms with Crippen LogP contribution in [-0.4, -0.2) is 88.4 Å². The van der Waals surface area contributed by atoms with Gasteiger partial charge in [-0.15, -0.1) is 0 Å². The second kappa shape index (κ2) is 43.2. The summed E-state index contributed by atoms with van der Waals surface area (Å²) in [5, 5.41) is 39.9. The van der Waals surface area contributed by atoms with E-state index in [2.05, 4.69) is 86.8 Å². The molecule has 1 aliphatic rings. The summed E-state index contributed by atoms with van der Waals surface area (Å²) in [7, 11) is 0. The first-order chi connectivity index (χ1) is 31.7. The van der Waals surface area contributed by atoms with Crippen LogP contribution in [-0.2, 0) is 33.3 Å². The van der Waals surface area contributed by atoms with Crippen molar-refractivity contribution in [1.82, 2.24) is 0 Å². The van der Waals surface area contributed by atoms with E-state index in [1.54, 1.807) is 0 Å². The van der Waals surface area contributed by atoms with Crippen LogP contribution in [0.2, 0.25) is 0 Å². The average Bonchev–Trinajstić information content (AvgIpc) is 3.29. The minimum atomic E-state index is -1.87. The molecule has 0 aromatic heterocycles. The van der Waals surface area contributed by atoms with Gasteiger partial charge in [0.05, 0.1) is 6.61 Å². The fourth-order valence-electron chi connectivity index (χ4n) is 7.31. The van der Waals surface area contributed by atoms with Gasteiger partial charge in [-0.2, -0.15) is 0 Å². The fraction of sp³-hybridized carbons (Fsp3) is 0.722. The molecule has 1 rings (SSSR count). The van der Waals surface area contributed by atoms with Crippen molar-refractivity contribution < 1.29 is 53.8 Å². The van der Waals surface area contributed by atoms with Crippen LogP contribution in [0.4, 0.5) is 0 Å². The summed E-state index contributed by atoms with van der Waals surface area (Å²) < 4.78 is 21.8. The van der Waals surface area contributed by atoms with Crippen LogP contribution in [0.3, 0.4) is 0 Å². The van der Waals surface area contributed by atoms with Crippen LogP contribution in [0.1, 0.15) is 200 Å². The van der Waals surface area contributed by atoms with Crippen molar-refractivity contribution in [3.05, 3.63) is 72.9 Å². The summed E-state index contributed by atoms with van der Waals surface area (Å²) >= 11 is 0. The van der Waals surface area contributed by atoms with Gasteiger partial charge in [0.1, 0.15) is 24.9 Å². The lowest BCUT2D eigenvalue weighted by molar-refractivity contribution is -0.298. The van der Waals surface area contributed by atoms with Gasteiger partial charge < -0.3 is 39.4 Å². The van der Waals surface area contributed by atoms with Gasteiger partial charge in [0.2, 0.25) is 0 Å². The standard InChI is InChI=1S/C54H90O11/c1-3-5-7-9-11-13-15-17-19-21-23-24-25-27-28-30-32-34-36-38-40-42-47(55)62-44-46(45-63-54-51(59)49(57)50(58)52(65-54)53(60)61)64-48(56)43-41-39-37-35-33-31-29-26-22-20-18-16-14-12-10-8-6-4-2/h5,7,11,13-14,16-17,19-20,22-24,46,49-52,54,57-59H,3-4,6,8-10,12,15,18,21,25-45H2,1-2H3,(H,60,61)/b7-5-,13-11-,16-14-,19-17-,22-20-,24-23-. The minimum absolute atomic E-state index is 0.169. The van der Waals surface area contributed by atoms with Crippen molar-refractivity contribution in [2.75, 3.05) is 13.2 Å². The van der Waals surface area contributed by atoms with Crippen LogP contribution in [0.5, 0.6) is 0 Å². The van der Waals surface area contributed by atoms with Crippen molar-refractivity contribution in [1.29, 1.82) is 0 Å². The predicted octanol–water partition coefficient (Wildman–Crippen LogP) is 12.0. The molecule has 0 aliphatic carbocycles. The molecule has 0 radical (unpaired) electrons. The van der Waals surface area contributed by atoms with E-state index in [-0.39, 0.29) is 19.4 Å². The molecule has 1 heterocycles. The number of unbranched alkanes of at least 4 members (excludes halogenated alkanes) is 19. The van der Waals surface area contributed by atoms with E-state index >= 15 is 0 Å². The Bertz CT molecular complexity index is 1350. The molecule has 0 saturated carbocycles. The zero-order valence-corrected chi connectivity index (χ0v) is 40.5. The number of carbonyl (C=O) groups excluding carboxylic acids is 2. The van der Waals surface area contributed by atoms with Crippen molar-refractivity contribution in [3.63, 3.8) is 0 Å². The number of hydrogen-bond donors (Lipinski definition) is 4. The first kappa shape index (κ1) is 59.7. The van der Waals surface area contributed by atoms with Crippen LogP contribution in [0.15, 0.2) is 72.9 Å². The van der Waals surface area contributed by atoms with Gasteiger partial charge in [0.15, 0.2) is 18.5 Å². The predicted molar refractivity (Wildman–Crippen MR) is 261 cm³/mol. The van der Waals surface area contributed by atoms with E-state index in [9.17, 15) is 34.8 Å². The minimum Gasteiger partial charge on any atom is -0.479 e. The highest BCUT2D eigenvalue weighted by molar-refractivity contribution is 5.73. The zero-order valence-electron chi connectivity index (χ0n) is 40.5. The fourth-order valence-corrected chi connectivity index (χ4v) is 7.31. The largest absolute Gasteiger partial charge is 0.479 e. The van der Waals surface area contributed by atoms with E-state index < -0.39 is 61.3 Å². The van der Waals surface area contributed by atoms with E-state index in [0.717, 1.165) is 89.9 Å². The lowest BCUT2D eigenvalue weighted by Gasteiger charge is -2.38. The number of ether oxygens (including phenoxy) is 4. The van der Waals surface area contributed by atoms with E-state index in [0.29, 0.717) is 12.8 Å². The third-order valence-electron chi connectivity index (χ3n) is 11.3. The van der Waals surface area contributed by atoms with Crippen molar-refractivity contribution >= 4 is 17.9 Å². The summed E-state index contributed by atoms with van der Waals surface area (Å²) in [4.78, 5) is 37.0. The second-order valence-corrected chi connectivity index (χ2v) is 17.3. The van der Waals surface area contributed by atoms with Gasteiger partial charge in [-0.25, -0.2) is 4.79 Å². The number of hydrogen-bond acceptors (Lipinski definition) is 10. The zero-order chi connectivity index (χ0) is 47.4. The second-order valence-electron chi connectivity index (χ2n) is 17.3. The molecule has 1 saturated heterocycles. The Balaban J connectivity index is 2.32. The summed E-state index contributed by atoms with van der Waals surface area (Å²) in [5.41, 5.74) is 0. The van der Waals surface area contributed by atoms with Gasteiger partial charge in [0.25, 0.3) is 0 Å². The van der Waals surface area contributed by atoms with Crippen molar-refractivity contribution in [2.24, 2.45) is 0 Å². The van der Waals surface area contributed by atoms with Crippen LogP contribution in [0.25, 0.3) is 0 Å². The molecule has 1 fully saturated rings. The van der Waals surface area contributed by atoms with Gasteiger partial charge in [-0.05, 0) is 83.5 Å². The summed E-state index contributed by atoms with van der Waals surface area (Å²) in [6, 6.07) is 0. The number of aliphatic carboxylic acids is 1. The molecule has 6 atom stereocenters. The number of aliphatic hydroxyl groups excluding tert-OH is 3. The van der Waals surface area contributed by atoms with Crippen molar-refractivity contribution in [3.8, 4) is 0 Å². The van der Waals surface area contributed by atoms with Gasteiger partial charge in [0, 0.05) is 12.8 Å². The molecule has 0 aromatic rings. The molecule has 0 amide bonds. The summed E-state index contributed by atoms with van der Waals surface area (Å²) in [6.45, 7) is 3.68. The summed E-state index contributed by atoms with van der Waals surface area (Å²) in [5.74, 6) is -2.47. The molecule has 11 nitrogen and oxygen atoms in total. The van der Waals surface area contributed by atoms with E-state index in [4.69, 9.17) is 18.9 Å². The molecule has 0 aromatic carbocycles. The number of esters is 2. The molecular formula is C54H90O11. The average molecular weight is 915 g/mol. The third-order valence-corrected chi connectivity index (χ3v) is 11.3. The number of rotatable bonds is 42. The Hall–Kier alpha value is -3.35. The number of aliphatic hydroxyl groups is 3. The number of carbonyl (C=O) groups is 3. The Labute approximate surface area is 393 Å². The maximum absolute atomic E-state index is 12.8. The summed E-state index contributed by atoms with van der Waals surface area (Å²) in [6.07, 6.45) is 46.5. The molecule has 6 unspecified atom stereocenters.